The van der Waals surface area contributed by atoms with Gasteiger partial charge in [0, 0.05) is 32.1 Å². The van der Waals surface area contributed by atoms with Crippen molar-refractivity contribution in [3.05, 3.63) is 6.33 Å². The van der Waals surface area contributed by atoms with E-state index in [1.165, 1.54) is 0 Å². The Morgan fingerprint density at radius 3 is 3.15 bits per heavy atom. The average molecular weight is 273 g/mol. The first-order valence-electron chi connectivity index (χ1n) is 6.73. The molecule has 0 aliphatic carbocycles. The summed E-state index contributed by atoms with van der Waals surface area (Å²) in [6.07, 6.45) is 3.17. The topological polar surface area (TPSA) is 104 Å². The van der Waals surface area contributed by atoms with E-state index in [-0.39, 0.29) is 17.9 Å². The van der Waals surface area contributed by atoms with Crippen LogP contribution in [-0.4, -0.2) is 56.4 Å². The number of rotatable bonds is 1. The molecule has 8 heteroatoms. The van der Waals surface area contributed by atoms with Crippen molar-refractivity contribution in [3.63, 3.8) is 0 Å². The van der Waals surface area contributed by atoms with Crippen LogP contribution in [0.5, 0.6) is 0 Å². The maximum absolute atomic E-state index is 11.7. The van der Waals surface area contributed by atoms with Gasteiger partial charge in [0.25, 0.3) is 0 Å². The third kappa shape index (κ3) is 1.60. The predicted molar refractivity (Wildman–Crippen MR) is 73.0 cm³/mol. The quantitative estimate of drug-likeness (QED) is 0.742. The summed E-state index contributed by atoms with van der Waals surface area (Å²) in [5, 5.41) is 0. The molecule has 0 bridgehead atoms. The fourth-order valence-electron chi connectivity index (χ4n) is 3.12. The number of piperazine rings is 1. The van der Waals surface area contributed by atoms with Crippen LogP contribution in [0.4, 0.5) is 11.8 Å². The van der Waals surface area contributed by atoms with Gasteiger partial charge in [-0.25, -0.2) is 4.98 Å². The average Bonchev–Trinajstić information content (AvgIpc) is 3.04. The number of nitrogens with zero attached hydrogens (tertiary/aromatic N) is 5. The van der Waals surface area contributed by atoms with Gasteiger partial charge >= 0.3 is 0 Å². The van der Waals surface area contributed by atoms with Crippen molar-refractivity contribution in [1.82, 2.24) is 24.8 Å². The highest BCUT2D eigenvalue weighted by Crippen LogP contribution is 2.28. The molecule has 2 saturated heterocycles. The smallest absolute Gasteiger partial charge is 0.224 e. The molecule has 8 nitrogen and oxygen atoms in total. The highest BCUT2D eigenvalue weighted by Gasteiger charge is 2.36. The summed E-state index contributed by atoms with van der Waals surface area (Å²) >= 11 is 0. The molecule has 3 N–H and O–H groups in total. The van der Waals surface area contributed by atoms with Gasteiger partial charge in [-0.1, -0.05) is 0 Å². The molecular formula is C12H15N7O. The molecule has 2 aliphatic heterocycles. The van der Waals surface area contributed by atoms with Crippen LogP contribution >= 0.6 is 0 Å². The molecule has 0 radical (unpaired) electrons. The largest absolute Gasteiger partial charge is 0.368 e. The van der Waals surface area contributed by atoms with Gasteiger partial charge in [-0.2, -0.15) is 9.97 Å². The molecule has 0 aromatic carbocycles. The molecule has 1 amide bonds. The van der Waals surface area contributed by atoms with Crippen LogP contribution in [0.2, 0.25) is 0 Å². The van der Waals surface area contributed by atoms with Crippen molar-refractivity contribution in [2.45, 2.75) is 18.9 Å². The first kappa shape index (κ1) is 11.4. The molecule has 2 fully saturated rings. The Hall–Kier alpha value is -2.38. The van der Waals surface area contributed by atoms with Crippen LogP contribution in [0.15, 0.2) is 6.33 Å². The molecule has 4 rings (SSSR count). The molecule has 1 unspecified atom stereocenters. The van der Waals surface area contributed by atoms with Crippen molar-refractivity contribution in [1.29, 1.82) is 0 Å². The number of amides is 1. The van der Waals surface area contributed by atoms with Crippen LogP contribution < -0.4 is 10.6 Å². The highest BCUT2D eigenvalue weighted by molar-refractivity contribution is 5.85. The third-order valence-electron chi connectivity index (χ3n) is 4.08. The Morgan fingerprint density at radius 1 is 1.35 bits per heavy atom. The van der Waals surface area contributed by atoms with Crippen LogP contribution in [0.3, 0.4) is 0 Å². The molecule has 1 atom stereocenters. The standard InChI is InChI=1S/C12H15N7O/c13-12-16-10-9(14-6-15-10)11(17-12)18-3-4-19-7(5-18)1-2-8(19)20/h6-7H,1-5H2,(H3,13,14,15,16,17). The van der Waals surface area contributed by atoms with Gasteiger partial charge in [0.15, 0.2) is 11.5 Å². The Kier molecular flexibility index (Phi) is 2.32. The zero-order chi connectivity index (χ0) is 13.7. The maximum Gasteiger partial charge on any atom is 0.224 e. The maximum atomic E-state index is 11.7. The Morgan fingerprint density at radius 2 is 2.25 bits per heavy atom. The number of hydrogen-bond acceptors (Lipinski definition) is 6. The van der Waals surface area contributed by atoms with E-state index in [1.807, 2.05) is 4.90 Å². The van der Waals surface area contributed by atoms with Gasteiger partial charge in [0.05, 0.1) is 6.33 Å². The number of aromatic amines is 1. The van der Waals surface area contributed by atoms with Gasteiger partial charge in [-0.3, -0.25) is 4.79 Å². The van der Waals surface area contributed by atoms with Gasteiger partial charge in [-0.05, 0) is 6.42 Å². The summed E-state index contributed by atoms with van der Waals surface area (Å²) < 4.78 is 0. The molecule has 20 heavy (non-hydrogen) atoms. The zero-order valence-corrected chi connectivity index (χ0v) is 10.9. The Labute approximate surface area is 115 Å². The predicted octanol–water partition coefficient (Wildman–Crippen LogP) is -0.254. The lowest BCUT2D eigenvalue weighted by Crippen LogP contribution is -2.51. The summed E-state index contributed by atoms with van der Waals surface area (Å²) in [6.45, 7) is 2.28. The third-order valence-corrected chi connectivity index (χ3v) is 4.08. The van der Waals surface area contributed by atoms with Gasteiger partial charge in [0.1, 0.15) is 5.52 Å². The van der Waals surface area contributed by atoms with Crippen molar-refractivity contribution in [3.8, 4) is 0 Å². The van der Waals surface area contributed by atoms with E-state index in [4.69, 9.17) is 5.73 Å². The van der Waals surface area contributed by atoms with E-state index in [0.29, 0.717) is 12.1 Å². The Bertz CT molecular complexity index is 681. The number of anilines is 2. The van der Waals surface area contributed by atoms with E-state index in [1.54, 1.807) is 6.33 Å². The number of hydrogen-bond donors (Lipinski definition) is 2. The summed E-state index contributed by atoms with van der Waals surface area (Å²) in [6, 6.07) is 0.283. The van der Waals surface area contributed by atoms with Crippen LogP contribution in [0.25, 0.3) is 11.2 Å². The van der Waals surface area contributed by atoms with Crippen LogP contribution in [-0.2, 0) is 4.79 Å². The van der Waals surface area contributed by atoms with Crippen molar-refractivity contribution in [2.75, 3.05) is 30.3 Å². The molecular weight excluding hydrogens is 258 g/mol. The number of imidazole rings is 1. The van der Waals surface area contributed by atoms with E-state index in [9.17, 15) is 4.79 Å². The number of nitrogens with two attached hydrogens (primary N) is 1. The number of nitrogen functional groups attached to an aromatic ring is 1. The fourth-order valence-corrected chi connectivity index (χ4v) is 3.12. The van der Waals surface area contributed by atoms with Gasteiger partial charge in [-0.15, -0.1) is 0 Å². The SMILES string of the molecule is Nc1nc(N2CCN3C(=O)CCC3C2)c2[nH]cnc2n1. The van der Waals surface area contributed by atoms with Gasteiger partial charge in [0.2, 0.25) is 11.9 Å². The molecule has 2 aliphatic rings. The molecule has 0 saturated carbocycles. The van der Waals surface area contributed by atoms with Gasteiger partial charge < -0.3 is 20.5 Å². The van der Waals surface area contributed by atoms with E-state index in [0.717, 1.165) is 37.4 Å². The molecule has 2 aromatic heterocycles. The summed E-state index contributed by atoms with van der Waals surface area (Å²) in [7, 11) is 0. The van der Waals surface area contributed by atoms with Crippen LogP contribution in [0, 0.1) is 0 Å². The number of fused-ring (bicyclic) bond motifs is 2. The van der Waals surface area contributed by atoms with E-state index < -0.39 is 0 Å². The zero-order valence-electron chi connectivity index (χ0n) is 10.9. The number of nitrogens with one attached hydrogen (secondary N) is 1. The second-order valence-electron chi connectivity index (χ2n) is 5.23. The van der Waals surface area contributed by atoms with Crippen molar-refractivity contribution >= 4 is 28.8 Å². The molecule has 104 valence electrons. The lowest BCUT2D eigenvalue weighted by molar-refractivity contribution is -0.129. The number of aromatic nitrogens is 4. The molecule has 0 spiro atoms. The monoisotopic (exact) mass is 273 g/mol. The highest BCUT2D eigenvalue weighted by atomic mass is 16.2. The Balaban J connectivity index is 1.70. The van der Waals surface area contributed by atoms with Crippen molar-refractivity contribution in [2.24, 2.45) is 0 Å². The van der Waals surface area contributed by atoms with E-state index >= 15 is 0 Å². The second kappa shape index (κ2) is 4.06. The second-order valence-corrected chi connectivity index (χ2v) is 5.23. The number of carbonyl (C=O) groups excluding carboxylic acids is 1. The van der Waals surface area contributed by atoms with E-state index in [2.05, 4.69) is 24.8 Å². The van der Waals surface area contributed by atoms with Crippen LogP contribution in [0.1, 0.15) is 12.8 Å². The lowest BCUT2D eigenvalue weighted by Gasteiger charge is -2.38. The molecule has 2 aromatic rings. The minimum Gasteiger partial charge on any atom is -0.368 e. The number of H-pyrrole nitrogens is 1. The number of carbonyl (C=O) groups is 1. The first-order valence-corrected chi connectivity index (χ1v) is 6.73. The normalized spacial score (nSPS) is 22.6. The fraction of sp³-hybridized carbons (Fsp3) is 0.500. The first-order chi connectivity index (χ1) is 9.72. The minimum atomic E-state index is 0.226. The van der Waals surface area contributed by atoms with Crippen molar-refractivity contribution < 1.29 is 4.79 Å². The lowest BCUT2D eigenvalue weighted by atomic mass is 10.1. The molecule has 4 heterocycles. The summed E-state index contributed by atoms with van der Waals surface area (Å²) in [4.78, 5) is 31.5. The minimum absolute atomic E-state index is 0.226. The summed E-state index contributed by atoms with van der Waals surface area (Å²) in [5.74, 6) is 1.28. The summed E-state index contributed by atoms with van der Waals surface area (Å²) in [5.41, 5.74) is 7.14.